The molecule has 0 radical (unpaired) electrons. The summed E-state index contributed by atoms with van der Waals surface area (Å²) in [4.78, 5) is 0. The third-order valence-electron chi connectivity index (χ3n) is 34.2. The maximum Gasteiger partial charge on any atom is 0.200 e. The molecule has 0 unspecified atom stereocenters. The van der Waals surface area contributed by atoms with Crippen molar-refractivity contribution in [2.75, 3.05) is 0 Å². The van der Waals surface area contributed by atoms with E-state index in [1.54, 1.807) is 0 Å². The predicted molar refractivity (Wildman–Crippen MR) is 548 cm³/mol. The first kappa shape index (κ1) is 83.7. The van der Waals surface area contributed by atoms with Crippen molar-refractivity contribution >= 4 is 0 Å². The zero-order valence-electron chi connectivity index (χ0n) is 80.9. The molecule has 6 aromatic heterocycles. The van der Waals surface area contributed by atoms with Crippen LogP contribution in [0.1, 0.15) is 201 Å². The molecule has 0 saturated carbocycles. The summed E-state index contributed by atoms with van der Waals surface area (Å²) < 4.78 is 28.7. The Labute approximate surface area is 819 Å². The number of rotatable bonds is 8. The molecule has 0 spiro atoms. The minimum Gasteiger partial charge on any atom is -0.124 e. The maximum absolute atomic E-state index is 2.49. The lowest BCUT2D eigenvalue weighted by Crippen LogP contribution is -2.57. The fourth-order valence-electron chi connectivity index (χ4n) is 27.5. The first-order chi connectivity index (χ1) is 68.4. The molecule has 680 valence electrons. The topological polar surface area (TPSA) is 52.9 Å². The molecule has 12 heteroatoms. The Hall–Kier alpha value is -15.7. The molecule has 0 atom stereocenters. The Morgan fingerprint density at radius 1 is 0.179 bits per heavy atom. The number of aromatic nitrogens is 12. The van der Waals surface area contributed by atoms with Crippen molar-refractivity contribution in [2.24, 2.45) is 0 Å². The molecule has 12 aliphatic heterocycles. The number of benzene rings is 14. The highest BCUT2D eigenvalue weighted by Crippen LogP contribution is 2.65. The van der Waals surface area contributed by atoms with E-state index in [0.717, 1.165) is 65.0 Å². The number of para-hydroxylation sites is 6. The van der Waals surface area contributed by atoms with E-state index in [1.807, 2.05) is 0 Å². The highest BCUT2D eigenvalue weighted by molar-refractivity contribution is 5.75. The van der Waals surface area contributed by atoms with Gasteiger partial charge in [-0.3, -0.25) is 0 Å². The zero-order chi connectivity index (χ0) is 94.0. The van der Waals surface area contributed by atoms with Crippen molar-refractivity contribution in [3.63, 3.8) is 0 Å². The van der Waals surface area contributed by atoms with Gasteiger partial charge in [0.25, 0.3) is 0 Å². The molecule has 0 bridgehead atoms. The van der Waals surface area contributed by atoms with Crippen LogP contribution in [0.2, 0.25) is 0 Å². The van der Waals surface area contributed by atoms with Crippen LogP contribution >= 0.6 is 0 Å². The molecule has 18 heterocycles. The van der Waals surface area contributed by atoms with Crippen LogP contribution < -0.4 is 28.1 Å². The van der Waals surface area contributed by atoms with Gasteiger partial charge in [0.2, 0.25) is 0 Å². The van der Waals surface area contributed by atoms with Crippen molar-refractivity contribution in [1.82, 2.24) is 28.1 Å². The first-order valence-corrected chi connectivity index (χ1v) is 50.3. The molecule has 32 rings (SSSR count). The van der Waals surface area contributed by atoms with Crippen molar-refractivity contribution in [1.29, 1.82) is 0 Å². The monoisotopic (exact) mass is 1820 g/mol. The van der Waals surface area contributed by atoms with Crippen LogP contribution in [0, 0.1) is 0 Å². The lowest BCUT2D eigenvalue weighted by Gasteiger charge is -2.54. The number of hydrogen-bond acceptors (Lipinski definition) is 0. The second-order valence-corrected chi connectivity index (χ2v) is 42.9. The summed E-state index contributed by atoms with van der Waals surface area (Å²) in [7, 11) is 0. The summed E-state index contributed by atoms with van der Waals surface area (Å²) >= 11 is 0. The van der Waals surface area contributed by atoms with Gasteiger partial charge in [0.05, 0.1) is 44.4 Å². The fourth-order valence-corrected chi connectivity index (χ4v) is 27.5. The molecule has 0 aliphatic carbocycles. The van der Waals surface area contributed by atoms with Crippen LogP contribution in [-0.4, -0.2) is 28.1 Å². The van der Waals surface area contributed by atoms with Crippen LogP contribution in [0.3, 0.4) is 0 Å². The lowest BCUT2D eigenvalue weighted by atomic mass is 9.46. The average Bonchev–Trinajstić information content (AvgIpc) is 1.52. The third-order valence-corrected chi connectivity index (χ3v) is 34.2. The van der Waals surface area contributed by atoms with E-state index in [0.29, 0.717) is 0 Å². The van der Waals surface area contributed by atoms with E-state index in [1.165, 1.54) is 180 Å². The van der Waals surface area contributed by atoms with Gasteiger partial charge in [-0.05, 0) is 96.1 Å². The SMILES string of the molecule is CC1(C)Cc2cc[n+]3n2-c2c(cccc21)C3.CC1(C)Cc2cccc3c2-n2c1cc[n+]2C3.CC1(C)c2cccc3c2-n2c(cc[n+]2C3)C1(C)C.c1ccc(C2(c3ccccc3)Cc3cc[n+]4n3-c3c(cccc32)C4)cc1.c1ccc(C2(c3ccccc3)Cc3cccc4c3-n3c2cc[n+]3C4)cc1.c1ccc(C2(c3ccccc3)c3cccc4c3-n3c(cc[n+]3C4)C2(c2ccccc2)c2ccccc2)cc1. The normalized spacial score (nSPS) is 17.0. The summed E-state index contributed by atoms with van der Waals surface area (Å²) in [6.07, 6.45) is 17.6. The Balaban J connectivity index is 0.0000000868. The van der Waals surface area contributed by atoms with E-state index >= 15 is 0 Å². The van der Waals surface area contributed by atoms with E-state index in [4.69, 9.17) is 0 Å². The molecule has 0 N–H and O–H groups in total. The van der Waals surface area contributed by atoms with Crippen LogP contribution in [0.25, 0.3) is 34.1 Å². The smallest absolute Gasteiger partial charge is 0.124 e. The van der Waals surface area contributed by atoms with Gasteiger partial charge in [0.1, 0.15) is 45.5 Å². The second kappa shape index (κ2) is 30.9. The van der Waals surface area contributed by atoms with Gasteiger partial charge in [-0.1, -0.05) is 407 Å². The van der Waals surface area contributed by atoms with Crippen LogP contribution in [0.4, 0.5) is 0 Å². The van der Waals surface area contributed by atoms with Crippen molar-refractivity contribution in [3.05, 3.63) is 571 Å². The second-order valence-electron chi connectivity index (χ2n) is 42.9. The Bertz CT molecular complexity index is 8190. The maximum atomic E-state index is 2.49. The van der Waals surface area contributed by atoms with Gasteiger partial charge in [-0.15, -0.1) is 56.2 Å². The highest BCUT2D eigenvalue weighted by Gasteiger charge is 2.65. The Kier molecular flexibility index (Phi) is 18.5. The zero-order valence-corrected chi connectivity index (χ0v) is 80.9. The molecule has 0 amide bonds. The highest BCUT2D eigenvalue weighted by atomic mass is 15.5. The average molecular weight is 1820 g/mol. The summed E-state index contributed by atoms with van der Waals surface area (Å²) in [5.41, 5.74) is 44.1. The lowest BCUT2D eigenvalue weighted by molar-refractivity contribution is -0.752. The predicted octanol–water partition coefficient (Wildman–Crippen LogP) is 21.5. The van der Waals surface area contributed by atoms with Gasteiger partial charge in [0, 0.05) is 98.9 Å². The Morgan fingerprint density at radius 2 is 0.464 bits per heavy atom. The fraction of sp³-hybridized carbons (Fsp3) is 0.203. The van der Waals surface area contributed by atoms with Gasteiger partial charge in [-0.2, -0.15) is 0 Å². The quantitative estimate of drug-likeness (QED) is 0.136. The van der Waals surface area contributed by atoms with Gasteiger partial charge in [-0.25, -0.2) is 0 Å². The van der Waals surface area contributed by atoms with E-state index in [9.17, 15) is 0 Å². The number of hydrogen-bond donors (Lipinski definition) is 0. The molecule has 140 heavy (non-hydrogen) atoms. The summed E-state index contributed by atoms with van der Waals surface area (Å²) in [5, 5.41) is 0. The van der Waals surface area contributed by atoms with Crippen molar-refractivity contribution < 1.29 is 28.1 Å². The molecule has 12 aliphatic rings. The van der Waals surface area contributed by atoms with Crippen molar-refractivity contribution in [3.8, 4) is 34.1 Å². The van der Waals surface area contributed by atoms with Gasteiger partial charge in [0.15, 0.2) is 76.4 Å². The van der Waals surface area contributed by atoms with Gasteiger partial charge < -0.3 is 0 Å². The molecule has 20 aromatic rings. The molecular weight excluding hydrogens is 1710 g/mol. The molecule has 0 saturated heterocycles. The third kappa shape index (κ3) is 11.7. The minimum atomic E-state index is -0.542. The molecular formula is C128H114N12+6. The Morgan fingerprint density at radius 3 is 0.907 bits per heavy atom. The number of nitrogens with zero attached hydrogens (tertiary/aromatic N) is 12. The molecule has 14 aromatic carbocycles. The van der Waals surface area contributed by atoms with Crippen LogP contribution in [0.5, 0.6) is 0 Å². The first-order valence-electron chi connectivity index (χ1n) is 50.3. The van der Waals surface area contributed by atoms with Crippen LogP contribution in [-0.2, 0) is 108 Å². The van der Waals surface area contributed by atoms with E-state index < -0.39 is 10.8 Å². The molecule has 12 nitrogen and oxygen atoms in total. The summed E-state index contributed by atoms with van der Waals surface area (Å²) in [5.74, 6) is 0. The summed E-state index contributed by atoms with van der Waals surface area (Å²) in [6, 6.07) is 143. The minimum absolute atomic E-state index is 0.147. The van der Waals surface area contributed by atoms with Gasteiger partial charge >= 0.3 is 0 Å². The van der Waals surface area contributed by atoms with Crippen LogP contribution in [0.15, 0.2) is 425 Å². The van der Waals surface area contributed by atoms with E-state index in [-0.39, 0.29) is 32.5 Å². The summed E-state index contributed by atoms with van der Waals surface area (Å²) in [6.45, 7) is 24.7. The van der Waals surface area contributed by atoms with Crippen molar-refractivity contribution in [2.45, 2.75) is 164 Å². The standard InChI is InChI=1S/C36H27N2.2C24H19N2.C16H19N2.2C14H15N2/c1-5-15-28(16-6-1)35(29-17-7-2-8-18-29)32-23-13-14-27-26-37-25-24-33(38(37)34(27)32)36(35,30-19-9-3-10-20-30)31-21-11-4-12-22-31;1-3-10-20(11-4-1)24(21-12-5-2-6-13-21)16-18-8-7-9-19-17-25-15-14-22(24)26(25)23(18)19;1-3-9-19(10-4-1)24(20-11-5-2-6-12-20)16-21-14-15-25-17-18-8-7-13-22(24)23(18)26(21)25;1-15(2)12-7-5-6-11-10-17-9-8-13(16(15,3)4)18(17)14(11)12;1-14(2)8-11-6-7-15-9-10-4-3-5-12(14)13(10)16(11)15;1-14(2)8-10-4-3-5-11-9-15-7-6-12(14)16(15)13(10)11/h1-25H,26H2;2*1-15H,16-17H2;5-9H,10H2,1-4H3;2*3-7H,8-9H2,1-2H3/q6*+1. The van der Waals surface area contributed by atoms with E-state index in [2.05, 4.69) is 537 Å². The largest absolute Gasteiger partial charge is 0.200 e. The molecule has 0 fully saturated rings.